The van der Waals surface area contributed by atoms with Gasteiger partial charge in [0.25, 0.3) is 0 Å². The second-order valence-corrected chi connectivity index (χ2v) is 7.04. The van der Waals surface area contributed by atoms with Crippen molar-refractivity contribution in [1.29, 1.82) is 10.8 Å². The number of nitrogens with two attached hydrogens (primary N) is 2. The van der Waals surface area contributed by atoms with Crippen LogP contribution in [-0.2, 0) is 0 Å². The Morgan fingerprint density at radius 1 is 0.618 bits per heavy atom. The molecule has 3 aromatic carbocycles. The molecular weight excluding hydrogens is 518 g/mol. The van der Waals surface area contributed by atoms with Crippen molar-refractivity contribution in [3.8, 4) is 22.8 Å². The summed E-state index contributed by atoms with van der Waals surface area (Å²) in [5.41, 5.74) is 17.6. The fourth-order valence-corrected chi connectivity index (χ4v) is 3.44. The molecular formula is C22H22Cl4N8. The molecule has 178 valence electrons. The van der Waals surface area contributed by atoms with E-state index < -0.39 is 0 Å². The maximum Gasteiger partial charge on any atom is 0.138 e. The zero-order valence-electron chi connectivity index (χ0n) is 17.5. The number of benzene rings is 3. The number of nitrogen functional groups attached to an aromatic ring is 2. The zero-order chi connectivity index (χ0) is 20.8. The van der Waals surface area contributed by atoms with Gasteiger partial charge in [0.15, 0.2) is 0 Å². The molecule has 0 radical (unpaired) electrons. The monoisotopic (exact) mass is 538 g/mol. The zero-order valence-corrected chi connectivity index (χ0v) is 20.7. The number of fused-ring (bicyclic) bond motifs is 2. The Kier molecular flexibility index (Phi) is 9.48. The third-order valence-corrected chi connectivity index (χ3v) is 5.00. The Bertz CT molecular complexity index is 1370. The minimum absolute atomic E-state index is 0. The first-order valence-electron chi connectivity index (χ1n) is 9.27. The summed E-state index contributed by atoms with van der Waals surface area (Å²) >= 11 is 0. The molecule has 0 saturated heterocycles. The lowest BCUT2D eigenvalue weighted by molar-refractivity contribution is 1.31. The topological polar surface area (TPSA) is 157 Å². The van der Waals surface area contributed by atoms with E-state index in [0.717, 1.165) is 44.8 Å². The van der Waals surface area contributed by atoms with Crippen LogP contribution in [-0.4, -0.2) is 31.6 Å². The molecule has 5 aromatic rings. The van der Waals surface area contributed by atoms with Gasteiger partial charge in [-0.25, -0.2) is 9.97 Å². The van der Waals surface area contributed by atoms with Gasteiger partial charge < -0.3 is 21.4 Å². The third-order valence-electron chi connectivity index (χ3n) is 5.00. The first kappa shape index (κ1) is 28.7. The van der Waals surface area contributed by atoms with Crippen LogP contribution in [0.3, 0.4) is 0 Å². The van der Waals surface area contributed by atoms with E-state index in [1.54, 1.807) is 12.1 Å². The second kappa shape index (κ2) is 11.2. The normalized spacial score (nSPS) is 9.88. The number of aromatic amines is 2. The molecule has 5 rings (SSSR count). The number of hydrogen-bond acceptors (Lipinski definition) is 4. The molecule has 0 amide bonds. The number of hydrogen-bond donors (Lipinski definition) is 6. The SMILES string of the molecule is Cl.Cl.Cl.Cl.N=C(N)c1ccc2nc(-c3cccc(-c4nc5ccc(C(=N)N)cc5[nH]4)c3)[nH]c2c1. The summed E-state index contributed by atoms with van der Waals surface area (Å²) in [4.78, 5) is 15.9. The number of halogens is 4. The molecule has 8 N–H and O–H groups in total. The van der Waals surface area contributed by atoms with E-state index in [9.17, 15) is 0 Å². The molecule has 12 heteroatoms. The number of nitrogens with one attached hydrogen (secondary N) is 4. The number of aromatic nitrogens is 4. The molecule has 0 spiro atoms. The molecule has 0 fully saturated rings. The summed E-state index contributed by atoms with van der Waals surface area (Å²) in [6.07, 6.45) is 0. The molecule has 0 atom stereocenters. The Hall–Kier alpha value is -3.30. The predicted octanol–water partition coefficient (Wildman–Crippen LogP) is 5.03. The van der Waals surface area contributed by atoms with Gasteiger partial charge in [-0.2, -0.15) is 0 Å². The number of rotatable bonds is 4. The highest BCUT2D eigenvalue weighted by Gasteiger charge is 2.11. The first-order valence-corrected chi connectivity index (χ1v) is 9.27. The second-order valence-electron chi connectivity index (χ2n) is 7.04. The Morgan fingerprint density at radius 3 is 1.41 bits per heavy atom. The minimum Gasteiger partial charge on any atom is -0.384 e. The summed E-state index contributed by atoms with van der Waals surface area (Å²) in [6, 6.07) is 18.8. The van der Waals surface area contributed by atoms with Crippen molar-refractivity contribution in [2.45, 2.75) is 0 Å². The number of amidine groups is 2. The van der Waals surface area contributed by atoms with Crippen LogP contribution >= 0.6 is 49.6 Å². The molecule has 0 aliphatic carbocycles. The van der Waals surface area contributed by atoms with Crippen molar-refractivity contribution in [1.82, 2.24) is 19.9 Å². The molecule has 0 unspecified atom stereocenters. The van der Waals surface area contributed by atoms with Gasteiger partial charge >= 0.3 is 0 Å². The van der Waals surface area contributed by atoms with Crippen molar-refractivity contribution in [2.75, 3.05) is 0 Å². The molecule has 8 nitrogen and oxygen atoms in total. The van der Waals surface area contributed by atoms with E-state index in [1.165, 1.54) is 0 Å². The smallest absolute Gasteiger partial charge is 0.138 e. The highest BCUT2D eigenvalue weighted by molar-refractivity contribution is 5.99. The first-order chi connectivity index (χ1) is 14.5. The van der Waals surface area contributed by atoms with Gasteiger partial charge in [0.1, 0.15) is 23.3 Å². The fraction of sp³-hybridized carbons (Fsp3) is 0. The summed E-state index contributed by atoms with van der Waals surface area (Å²) in [5, 5.41) is 15.2. The molecule has 2 aromatic heterocycles. The Morgan fingerprint density at radius 2 is 1.03 bits per heavy atom. The van der Waals surface area contributed by atoms with Crippen LogP contribution in [0, 0.1) is 10.8 Å². The molecule has 0 bridgehead atoms. The van der Waals surface area contributed by atoms with E-state index in [2.05, 4.69) is 19.9 Å². The number of imidazole rings is 2. The molecule has 34 heavy (non-hydrogen) atoms. The van der Waals surface area contributed by atoms with Gasteiger partial charge in [-0.3, -0.25) is 10.8 Å². The minimum atomic E-state index is 0. The highest BCUT2D eigenvalue weighted by atomic mass is 35.5. The van der Waals surface area contributed by atoms with Gasteiger partial charge in [0.2, 0.25) is 0 Å². The van der Waals surface area contributed by atoms with Crippen LogP contribution < -0.4 is 11.5 Å². The van der Waals surface area contributed by atoms with Gasteiger partial charge in [-0.1, -0.05) is 18.2 Å². The maximum atomic E-state index is 7.60. The van der Waals surface area contributed by atoms with Gasteiger partial charge in [0.05, 0.1) is 22.1 Å². The van der Waals surface area contributed by atoms with Crippen LogP contribution in [0.2, 0.25) is 0 Å². The van der Waals surface area contributed by atoms with Crippen molar-refractivity contribution in [3.05, 3.63) is 71.8 Å². The lowest BCUT2D eigenvalue weighted by atomic mass is 10.1. The third kappa shape index (κ3) is 5.26. The molecule has 0 aliphatic heterocycles. The fourth-order valence-electron chi connectivity index (χ4n) is 3.44. The number of nitrogens with zero attached hydrogens (tertiary/aromatic N) is 2. The van der Waals surface area contributed by atoms with Crippen molar-refractivity contribution >= 4 is 83.4 Å². The quantitative estimate of drug-likeness (QED) is 0.140. The van der Waals surface area contributed by atoms with Crippen LogP contribution in [0.5, 0.6) is 0 Å². The van der Waals surface area contributed by atoms with Crippen LogP contribution in [0.1, 0.15) is 11.1 Å². The van der Waals surface area contributed by atoms with Crippen molar-refractivity contribution in [2.24, 2.45) is 11.5 Å². The Labute approximate surface area is 219 Å². The predicted molar refractivity (Wildman–Crippen MR) is 148 cm³/mol. The average Bonchev–Trinajstić information content (AvgIpc) is 3.36. The van der Waals surface area contributed by atoms with Crippen LogP contribution in [0.25, 0.3) is 44.8 Å². The maximum absolute atomic E-state index is 7.60. The number of H-pyrrole nitrogens is 2. The van der Waals surface area contributed by atoms with Crippen LogP contribution in [0.15, 0.2) is 60.7 Å². The summed E-state index contributed by atoms with van der Waals surface area (Å²) < 4.78 is 0. The summed E-state index contributed by atoms with van der Waals surface area (Å²) in [7, 11) is 0. The van der Waals surface area contributed by atoms with E-state index in [4.69, 9.17) is 22.3 Å². The van der Waals surface area contributed by atoms with E-state index in [1.807, 2.05) is 48.5 Å². The molecule has 0 aliphatic rings. The Balaban J connectivity index is 0.00000144. The van der Waals surface area contributed by atoms with Gasteiger partial charge in [-0.05, 0) is 42.5 Å². The summed E-state index contributed by atoms with van der Waals surface area (Å²) in [5.74, 6) is 1.49. The van der Waals surface area contributed by atoms with Crippen molar-refractivity contribution in [3.63, 3.8) is 0 Å². The van der Waals surface area contributed by atoms with Gasteiger partial charge in [-0.15, -0.1) is 49.6 Å². The molecule has 0 saturated carbocycles. The van der Waals surface area contributed by atoms with E-state index in [-0.39, 0.29) is 61.3 Å². The van der Waals surface area contributed by atoms with E-state index in [0.29, 0.717) is 11.1 Å². The van der Waals surface area contributed by atoms with Gasteiger partial charge in [0, 0.05) is 22.3 Å². The summed E-state index contributed by atoms with van der Waals surface area (Å²) in [6.45, 7) is 0. The lowest BCUT2D eigenvalue weighted by Crippen LogP contribution is -2.10. The lowest BCUT2D eigenvalue weighted by Gasteiger charge is -2.00. The average molecular weight is 540 g/mol. The van der Waals surface area contributed by atoms with Crippen LogP contribution in [0.4, 0.5) is 0 Å². The highest BCUT2D eigenvalue weighted by Crippen LogP contribution is 2.27. The van der Waals surface area contributed by atoms with E-state index >= 15 is 0 Å². The van der Waals surface area contributed by atoms with Crippen molar-refractivity contribution < 1.29 is 0 Å². The molecule has 2 heterocycles. The standard InChI is InChI=1S/C22H18N8.4ClH/c23-19(24)11-4-6-15-17(9-11)29-21(27-15)13-2-1-3-14(8-13)22-28-16-7-5-12(20(25)26)10-18(16)30-22;;;;/h1-10H,(H3,23,24)(H3,25,26)(H,27,29)(H,28,30);4*1H. The largest absolute Gasteiger partial charge is 0.384 e.